The summed E-state index contributed by atoms with van der Waals surface area (Å²) < 4.78 is 1.89. The topological polar surface area (TPSA) is 29.9 Å². The lowest BCUT2D eigenvalue weighted by Crippen LogP contribution is -2.29. The number of aromatic nitrogens is 2. The molecule has 1 fully saturated rings. The lowest BCUT2D eigenvalue weighted by molar-refractivity contribution is 0.227. The second-order valence-electron chi connectivity index (χ2n) is 5.21. The minimum Gasteiger partial charge on any atom is -0.311 e. The van der Waals surface area contributed by atoms with Crippen molar-refractivity contribution in [2.24, 2.45) is 18.9 Å². The monoisotopic (exact) mass is 221 g/mol. The minimum absolute atomic E-state index is 0.434. The molecule has 3 heteroatoms. The van der Waals surface area contributed by atoms with Crippen molar-refractivity contribution in [2.45, 2.75) is 38.6 Å². The predicted molar refractivity (Wildman–Crippen MR) is 66.1 cm³/mol. The van der Waals surface area contributed by atoms with E-state index in [1.54, 1.807) is 0 Å². The van der Waals surface area contributed by atoms with Gasteiger partial charge in [-0.3, -0.25) is 4.68 Å². The molecule has 0 spiro atoms. The number of hydrogen-bond acceptors (Lipinski definition) is 2. The molecule has 1 saturated carbocycles. The van der Waals surface area contributed by atoms with E-state index in [1.807, 2.05) is 17.9 Å². The van der Waals surface area contributed by atoms with Gasteiger partial charge in [-0.1, -0.05) is 19.8 Å². The van der Waals surface area contributed by atoms with E-state index in [2.05, 4.69) is 30.5 Å². The van der Waals surface area contributed by atoms with Gasteiger partial charge in [0, 0.05) is 13.2 Å². The van der Waals surface area contributed by atoms with Gasteiger partial charge in [0.2, 0.25) is 0 Å². The molecule has 1 aliphatic carbocycles. The van der Waals surface area contributed by atoms with Gasteiger partial charge in [0.15, 0.2) is 0 Å². The molecule has 1 N–H and O–H groups in total. The number of hydrogen-bond donors (Lipinski definition) is 1. The Morgan fingerprint density at radius 1 is 1.50 bits per heavy atom. The van der Waals surface area contributed by atoms with Crippen molar-refractivity contribution in [3.8, 4) is 0 Å². The van der Waals surface area contributed by atoms with Crippen LogP contribution in [0.3, 0.4) is 0 Å². The zero-order valence-corrected chi connectivity index (χ0v) is 10.6. The fourth-order valence-electron chi connectivity index (χ4n) is 3.01. The molecule has 0 radical (unpaired) electrons. The summed E-state index contributed by atoms with van der Waals surface area (Å²) in [6, 6.07) is 2.57. The number of rotatable bonds is 3. The first-order valence-corrected chi connectivity index (χ1v) is 6.37. The van der Waals surface area contributed by atoms with E-state index in [4.69, 9.17) is 0 Å². The Bertz CT molecular complexity index is 332. The molecule has 2 rings (SSSR count). The molecule has 1 heterocycles. The largest absolute Gasteiger partial charge is 0.311 e. The summed E-state index contributed by atoms with van der Waals surface area (Å²) in [6.45, 7) is 2.37. The number of aryl methyl sites for hydroxylation is 1. The molecule has 0 saturated heterocycles. The second-order valence-corrected chi connectivity index (χ2v) is 5.21. The molecule has 0 bridgehead atoms. The standard InChI is InChI=1S/C13H23N3/c1-10-5-4-6-11(9-10)13(14-2)12-7-8-16(3)15-12/h7-8,10-11,13-14H,4-6,9H2,1-3H3. The lowest BCUT2D eigenvalue weighted by atomic mass is 9.78. The van der Waals surface area contributed by atoms with E-state index in [9.17, 15) is 0 Å². The second kappa shape index (κ2) is 5.00. The first-order chi connectivity index (χ1) is 7.70. The van der Waals surface area contributed by atoms with Crippen LogP contribution in [0.2, 0.25) is 0 Å². The first kappa shape index (κ1) is 11.6. The highest BCUT2D eigenvalue weighted by atomic mass is 15.3. The molecule has 1 aliphatic rings. The van der Waals surface area contributed by atoms with Crippen LogP contribution in [-0.4, -0.2) is 16.8 Å². The van der Waals surface area contributed by atoms with Gasteiger partial charge in [0.25, 0.3) is 0 Å². The summed E-state index contributed by atoms with van der Waals surface area (Å²) in [5.41, 5.74) is 1.20. The van der Waals surface area contributed by atoms with Gasteiger partial charge in [-0.2, -0.15) is 5.10 Å². The van der Waals surface area contributed by atoms with Crippen molar-refractivity contribution in [3.05, 3.63) is 18.0 Å². The van der Waals surface area contributed by atoms with Crippen molar-refractivity contribution in [3.63, 3.8) is 0 Å². The summed E-state index contributed by atoms with van der Waals surface area (Å²) in [7, 11) is 4.04. The highest BCUT2D eigenvalue weighted by Gasteiger charge is 2.27. The van der Waals surface area contributed by atoms with Gasteiger partial charge in [0.05, 0.1) is 11.7 Å². The maximum Gasteiger partial charge on any atom is 0.0796 e. The van der Waals surface area contributed by atoms with E-state index in [0.717, 1.165) is 11.8 Å². The molecule has 0 aromatic carbocycles. The van der Waals surface area contributed by atoms with E-state index in [0.29, 0.717) is 6.04 Å². The summed E-state index contributed by atoms with van der Waals surface area (Å²) in [6.07, 6.45) is 7.48. The molecule has 3 unspecified atom stereocenters. The van der Waals surface area contributed by atoms with E-state index in [1.165, 1.54) is 31.4 Å². The van der Waals surface area contributed by atoms with E-state index < -0.39 is 0 Å². The van der Waals surface area contributed by atoms with Gasteiger partial charge in [-0.05, 0) is 37.8 Å². The maximum absolute atomic E-state index is 4.54. The normalized spacial score (nSPS) is 27.9. The quantitative estimate of drug-likeness (QED) is 0.850. The van der Waals surface area contributed by atoms with Crippen LogP contribution < -0.4 is 5.32 Å². The van der Waals surface area contributed by atoms with Crippen molar-refractivity contribution in [1.29, 1.82) is 0 Å². The molecule has 90 valence electrons. The Hall–Kier alpha value is -0.830. The van der Waals surface area contributed by atoms with Gasteiger partial charge >= 0.3 is 0 Å². The van der Waals surface area contributed by atoms with E-state index in [-0.39, 0.29) is 0 Å². The SMILES string of the molecule is CNC(c1ccn(C)n1)C1CCCC(C)C1. The molecule has 3 nitrogen and oxygen atoms in total. The van der Waals surface area contributed by atoms with Gasteiger partial charge in [-0.15, -0.1) is 0 Å². The maximum atomic E-state index is 4.54. The zero-order valence-electron chi connectivity index (χ0n) is 10.6. The van der Waals surface area contributed by atoms with Crippen LogP contribution in [0.25, 0.3) is 0 Å². The van der Waals surface area contributed by atoms with Crippen molar-refractivity contribution in [2.75, 3.05) is 7.05 Å². The van der Waals surface area contributed by atoms with Crippen molar-refractivity contribution >= 4 is 0 Å². The third-order valence-corrected chi connectivity index (χ3v) is 3.81. The Morgan fingerprint density at radius 3 is 2.88 bits per heavy atom. The highest BCUT2D eigenvalue weighted by molar-refractivity contribution is 5.07. The fourth-order valence-corrected chi connectivity index (χ4v) is 3.01. The number of nitrogens with zero attached hydrogens (tertiary/aromatic N) is 2. The Kier molecular flexibility index (Phi) is 3.64. The lowest BCUT2D eigenvalue weighted by Gasteiger charge is -2.32. The third-order valence-electron chi connectivity index (χ3n) is 3.81. The highest BCUT2D eigenvalue weighted by Crippen LogP contribution is 2.36. The van der Waals surface area contributed by atoms with E-state index >= 15 is 0 Å². The van der Waals surface area contributed by atoms with Crippen LogP contribution in [0, 0.1) is 11.8 Å². The molecule has 1 aromatic heterocycles. The van der Waals surface area contributed by atoms with Crippen molar-refractivity contribution in [1.82, 2.24) is 15.1 Å². The Labute approximate surface area is 98.2 Å². The van der Waals surface area contributed by atoms with Gasteiger partial charge in [0.1, 0.15) is 0 Å². The molecule has 3 atom stereocenters. The summed E-state index contributed by atoms with van der Waals surface area (Å²) >= 11 is 0. The fraction of sp³-hybridized carbons (Fsp3) is 0.769. The van der Waals surface area contributed by atoms with Crippen LogP contribution in [-0.2, 0) is 7.05 Å². The molecule has 16 heavy (non-hydrogen) atoms. The summed E-state index contributed by atoms with van der Waals surface area (Å²) in [5.74, 6) is 1.63. The predicted octanol–water partition coefficient (Wildman–Crippen LogP) is 2.51. The van der Waals surface area contributed by atoms with Crippen LogP contribution >= 0.6 is 0 Å². The van der Waals surface area contributed by atoms with Crippen LogP contribution in [0.1, 0.15) is 44.3 Å². The van der Waals surface area contributed by atoms with Crippen LogP contribution in [0.5, 0.6) is 0 Å². The molecule has 0 amide bonds. The number of nitrogens with one attached hydrogen (secondary N) is 1. The average molecular weight is 221 g/mol. The smallest absolute Gasteiger partial charge is 0.0796 e. The zero-order chi connectivity index (χ0) is 11.5. The minimum atomic E-state index is 0.434. The van der Waals surface area contributed by atoms with Gasteiger partial charge < -0.3 is 5.32 Å². The van der Waals surface area contributed by atoms with Crippen LogP contribution in [0.4, 0.5) is 0 Å². The van der Waals surface area contributed by atoms with Crippen molar-refractivity contribution < 1.29 is 0 Å². The molecule has 0 aliphatic heterocycles. The molecular formula is C13H23N3. The summed E-state index contributed by atoms with van der Waals surface area (Å²) in [4.78, 5) is 0. The average Bonchev–Trinajstić information content (AvgIpc) is 2.66. The van der Waals surface area contributed by atoms with Gasteiger partial charge in [-0.25, -0.2) is 0 Å². The third kappa shape index (κ3) is 2.46. The first-order valence-electron chi connectivity index (χ1n) is 6.37. The molecular weight excluding hydrogens is 198 g/mol. The molecule has 1 aromatic rings. The summed E-state index contributed by atoms with van der Waals surface area (Å²) in [5, 5.41) is 7.98. The Balaban J connectivity index is 2.09. The Morgan fingerprint density at radius 2 is 2.31 bits per heavy atom. The van der Waals surface area contributed by atoms with Crippen LogP contribution in [0.15, 0.2) is 12.3 Å².